The molecular formula is C43H32N4. The Kier molecular flexibility index (Phi) is 7.50. The van der Waals surface area contributed by atoms with E-state index in [1.165, 1.54) is 0 Å². The van der Waals surface area contributed by atoms with Crippen LogP contribution in [-0.2, 0) is 0 Å². The van der Waals surface area contributed by atoms with Crippen molar-refractivity contribution in [2.45, 2.75) is 0 Å². The van der Waals surface area contributed by atoms with Gasteiger partial charge in [0, 0.05) is 45.4 Å². The number of hydrogen-bond donors (Lipinski definition) is 0. The molecule has 4 nitrogen and oxygen atoms in total. The fourth-order valence-electron chi connectivity index (χ4n) is 6.24. The van der Waals surface area contributed by atoms with Crippen molar-refractivity contribution in [2.75, 3.05) is 9.80 Å². The van der Waals surface area contributed by atoms with Crippen LogP contribution in [0.4, 0.5) is 34.1 Å². The van der Waals surface area contributed by atoms with Crippen molar-refractivity contribution in [3.8, 4) is 17.1 Å². The third-order valence-electron chi connectivity index (χ3n) is 8.31. The van der Waals surface area contributed by atoms with Crippen molar-refractivity contribution in [2.24, 2.45) is 0 Å². The molecule has 0 fully saturated rings. The molecule has 0 atom stereocenters. The third-order valence-corrected chi connectivity index (χ3v) is 8.31. The van der Waals surface area contributed by atoms with Crippen molar-refractivity contribution >= 4 is 45.2 Å². The summed E-state index contributed by atoms with van der Waals surface area (Å²) in [5.41, 5.74) is 10.4. The predicted molar refractivity (Wildman–Crippen MR) is 196 cm³/mol. The maximum Gasteiger partial charge on any atom is 0.145 e. The minimum atomic E-state index is 0.877. The summed E-state index contributed by atoms with van der Waals surface area (Å²) < 4.78 is 2.27. The average molecular weight is 605 g/mol. The van der Waals surface area contributed by atoms with Gasteiger partial charge in [-0.3, -0.25) is 4.57 Å². The van der Waals surface area contributed by atoms with E-state index in [-0.39, 0.29) is 0 Å². The topological polar surface area (TPSA) is 24.3 Å². The summed E-state index contributed by atoms with van der Waals surface area (Å²) in [4.78, 5) is 9.91. The highest BCUT2D eigenvalue weighted by atomic mass is 15.2. The second-order valence-corrected chi connectivity index (χ2v) is 11.3. The van der Waals surface area contributed by atoms with Gasteiger partial charge in [-0.05, 0) is 91.0 Å². The van der Waals surface area contributed by atoms with Gasteiger partial charge in [-0.15, -0.1) is 0 Å². The Hall–Kier alpha value is -6.39. The molecule has 0 bridgehead atoms. The number of rotatable bonds is 8. The summed E-state index contributed by atoms with van der Waals surface area (Å²) >= 11 is 0. The van der Waals surface area contributed by atoms with E-state index in [1.807, 2.05) is 0 Å². The summed E-state index contributed by atoms with van der Waals surface area (Å²) in [5, 5.41) is 0. The van der Waals surface area contributed by atoms with Crippen molar-refractivity contribution in [1.82, 2.24) is 9.55 Å². The Morgan fingerprint density at radius 1 is 0.362 bits per heavy atom. The maximum atomic E-state index is 5.28. The summed E-state index contributed by atoms with van der Waals surface area (Å²) in [5.74, 6) is 0.877. The normalized spacial score (nSPS) is 11.0. The van der Waals surface area contributed by atoms with E-state index in [4.69, 9.17) is 4.98 Å². The largest absolute Gasteiger partial charge is 0.310 e. The first kappa shape index (κ1) is 28.1. The molecule has 0 unspecified atom stereocenters. The fraction of sp³-hybridized carbons (Fsp3) is 0. The average Bonchev–Trinajstić information content (AvgIpc) is 3.54. The summed E-state index contributed by atoms with van der Waals surface area (Å²) in [6.07, 6.45) is 0. The van der Waals surface area contributed by atoms with Gasteiger partial charge in [-0.25, -0.2) is 4.98 Å². The minimum absolute atomic E-state index is 0.877. The molecule has 1 aromatic heterocycles. The van der Waals surface area contributed by atoms with E-state index in [0.717, 1.165) is 62.2 Å². The molecule has 224 valence electrons. The van der Waals surface area contributed by atoms with Gasteiger partial charge in [0.25, 0.3) is 0 Å². The highest BCUT2D eigenvalue weighted by Crippen LogP contribution is 2.43. The number of hydrogen-bond acceptors (Lipinski definition) is 3. The second kappa shape index (κ2) is 12.5. The highest BCUT2D eigenvalue weighted by molar-refractivity contribution is 5.89. The third kappa shape index (κ3) is 5.54. The van der Waals surface area contributed by atoms with Crippen molar-refractivity contribution in [3.63, 3.8) is 0 Å². The first-order valence-corrected chi connectivity index (χ1v) is 15.8. The molecule has 0 saturated heterocycles. The van der Waals surface area contributed by atoms with E-state index < -0.39 is 0 Å². The smallest absolute Gasteiger partial charge is 0.145 e. The van der Waals surface area contributed by atoms with Crippen molar-refractivity contribution < 1.29 is 0 Å². The molecule has 7 aromatic carbocycles. The van der Waals surface area contributed by atoms with Crippen LogP contribution in [0.2, 0.25) is 0 Å². The second-order valence-electron chi connectivity index (χ2n) is 11.3. The standard InChI is InChI=1S/C43H32N4/c1-6-18-34(19-7-1)45(35-20-8-2-9-21-35)39-30-33(43-44-41-28-16-17-29-42(41)47(43)38-26-14-5-15-27-38)31-40(32-39)46(36-22-10-3-11-23-36)37-24-12-4-13-25-37/h1-32H. The number of para-hydroxylation sites is 7. The number of imidazole rings is 1. The van der Waals surface area contributed by atoms with Crippen LogP contribution in [-0.4, -0.2) is 9.55 Å². The monoisotopic (exact) mass is 604 g/mol. The zero-order valence-electron chi connectivity index (χ0n) is 25.8. The van der Waals surface area contributed by atoms with E-state index in [0.29, 0.717) is 0 Å². The maximum absolute atomic E-state index is 5.28. The van der Waals surface area contributed by atoms with Crippen LogP contribution >= 0.6 is 0 Å². The lowest BCUT2D eigenvalue weighted by Gasteiger charge is -2.30. The zero-order chi connectivity index (χ0) is 31.4. The van der Waals surface area contributed by atoms with Gasteiger partial charge in [0.1, 0.15) is 5.82 Å². The number of nitrogens with zero attached hydrogens (tertiary/aromatic N) is 4. The molecule has 8 rings (SSSR count). The molecule has 0 aliphatic rings. The molecule has 0 amide bonds. The van der Waals surface area contributed by atoms with Crippen LogP contribution < -0.4 is 9.80 Å². The van der Waals surface area contributed by atoms with Gasteiger partial charge in [-0.2, -0.15) is 0 Å². The van der Waals surface area contributed by atoms with Gasteiger partial charge >= 0.3 is 0 Å². The first-order valence-electron chi connectivity index (χ1n) is 15.8. The van der Waals surface area contributed by atoms with Gasteiger partial charge < -0.3 is 9.80 Å². The molecule has 0 saturated carbocycles. The summed E-state index contributed by atoms with van der Waals surface area (Å²) in [6.45, 7) is 0. The molecule has 0 aliphatic carbocycles. The van der Waals surface area contributed by atoms with Crippen LogP contribution in [0.25, 0.3) is 28.1 Å². The van der Waals surface area contributed by atoms with E-state index in [1.54, 1.807) is 0 Å². The Bertz CT molecular complexity index is 2050. The molecule has 0 spiro atoms. The van der Waals surface area contributed by atoms with Gasteiger partial charge in [0.2, 0.25) is 0 Å². The number of anilines is 6. The Morgan fingerprint density at radius 2 is 0.745 bits per heavy atom. The SMILES string of the molecule is c1ccc(N(c2ccccc2)c2cc(-c3nc4ccccc4n3-c3ccccc3)cc(N(c3ccccc3)c3ccccc3)c2)cc1. The Balaban J connectivity index is 1.44. The zero-order valence-corrected chi connectivity index (χ0v) is 25.8. The molecule has 8 aromatic rings. The van der Waals surface area contributed by atoms with E-state index in [9.17, 15) is 0 Å². The fourth-order valence-corrected chi connectivity index (χ4v) is 6.24. The molecular weight excluding hydrogens is 573 g/mol. The summed E-state index contributed by atoms with van der Waals surface area (Å²) in [6, 6.07) is 67.9. The van der Waals surface area contributed by atoms with E-state index in [2.05, 4.69) is 208 Å². The van der Waals surface area contributed by atoms with Gasteiger partial charge in [0.15, 0.2) is 0 Å². The minimum Gasteiger partial charge on any atom is -0.310 e. The molecule has 1 heterocycles. The van der Waals surface area contributed by atoms with Gasteiger partial charge in [-0.1, -0.05) is 103 Å². The molecule has 47 heavy (non-hydrogen) atoms. The molecule has 0 radical (unpaired) electrons. The predicted octanol–water partition coefficient (Wildman–Crippen LogP) is 11.6. The Morgan fingerprint density at radius 3 is 1.19 bits per heavy atom. The van der Waals surface area contributed by atoms with Crippen LogP contribution in [0.15, 0.2) is 194 Å². The van der Waals surface area contributed by atoms with Crippen molar-refractivity contribution in [1.29, 1.82) is 0 Å². The van der Waals surface area contributed by atoms with Gasteiger partial charge in [0.05, 0.1) is 11.0 Å². The molecule has 0 aliphatic heterocycles. The number of fused-ring (bicyclic) bond motifs is 1. The lowest BCUT2D eigenvalue weighted by molar-refractivity contribution is 1.10. The van der Waals surface area contributed by atoms with Crippen molar-refractivity contribution in [3.05, 3.63) is 194 Å². The summed E-state index contributed by atoms with van der Waals surface area (Å²) in [7, 11) is 0. The number of aromatic nitrogens is 2. The van der Waals surface area contributed by atoms with Crippen LogP contribution in [0, 0.1) is 0 Å². The first-order chi connectivity index (χ1) is 23.3. The van der Waals surface area contributed by atoms with Crippen LogP contribution in [0.5, 0.6) is 0 Å². The Labute approximate surface area is 275 Å². The van der Waals surface area contributed by atoms with E-state index >= 15 is 0 Å². The van der Waals surface area contributed by atoms with Crippen LogP contribution in [0.1, 0.15) is 0 Å². The number of benzene rings is 7. The lowest BCUT2D eigenvalue weighted by atomic mass is 10.1. The molecule has 0 N–H and O–H groups in total. The van der Waals surface area contributed by atoms with Crippen LogP contribution in [0.3, 0.4) is 0 Å². The lowest BCUT2D eigenvalue weighted by Crippen LogP contribution is -2.14. The quantitative estimate of drug-likeness (QED) is 0.172. The molecule has 4 heteroatoms. The highest BCUT2D eigenvalue weighted by Gasteiger charge is 2.22.